The van der Waals surface area contributed by atoms with Gasteiger partial charge in [0.2, 0.25) is 0 Å². The normalized spacial score (nSPS) is 20.6. The predicted octanol–water partition coefficient (Wildman–Crippen LogP) is 4.97. The van der Waals surface area contributed by atoms with E-state index in [2.05, 4.69) is 28.9 Å². The van der Waals surface area contributed by atoms with Crippen LogP contribution < -0.4 is 4.90 Å². The fraction of sp³-hybridized carbons (Fsp3) is 0.524. The number of carbonyl (C=O) groups excluding carboxylic acids is 1. The summed E-state index contributed by atoms with van der Waals surface area (Å²) >= 11 is 6.33. The molecule has 6 heteroatoms. The molecule has 27 heavy (non-hydrogen) atoms. The molecule has 0 radical (unpaired) electrons. The van der Waals surface area contributed by atoms with E-state index in [-0.39, 0.29) is 12.1 Å². The van der Waals surface area contributed by atoms with Crippen molar-refractivity contribution >= 4 is 34.3 Å². The number of hydrogen-bond acceptors (Lipinski definition) is 4. The highest BCUT2D eigenvalue weighted by Crippen LogP contribution is 2.34. The lowest BCUT2D eigenvalue weighted by Gasteiger charge is -2.42. The molecular formula is C21H28ClN3O2. The molecule has 1 aliphatic heterocycles. The van der Waals surface area contributed by atoms with Gasteiger partial charge < -0.3 is 14.5 Å². The molecular weight excluding hydrogens is 362 g/mol. The van der Waals surface area contributed by atoms with Crippen molar-refractivity contribution in [2.45, 2.75) is 45.8 Å². The Labute approximate surface area is 166 Å². The second-order valence-corrected chi connectivity index (χ2v) is 8.86. The van der Waals surface area contributed by atoms with Crippen LogP contribution in [0.15, 0.2) is 30.5 Å². The molecule has 0 saturated carbocycles. The molecule has 1 aromatic carbocycles. The van der Waals surface area contributed by atoms with Gasteiger partial charge in [0.05, 0.1) is 16.6 Å². The van der Waals surface area contributed by atoms with E-state index in [1.807, 2.05) is 40.0 Å². The molecule has 2 atom stereocenters. The molecule has 0 bridgehead atoms. The fourth-order valence-corrected chi connectivity index (χ4v) is 3.89. The van der Waals surface area contributed by atoms with Crippen molar-refractivity contribution in [3.05, 3.63) is 35.5 Å². The molecule has 1 saturated heterocycles. The van der Waals surface area contributed by atoms with E-state index >= 15 is 0 Å². The number of ether oxygens (including phenoxy) is 1. The average molecular weight is 390 g/mol. The SMILES string of the molecule is C[C@H]1C[C@@H](N(C)C(=O)OC(C)(C)C)CN(c2ccc(Cl)c3ncccc23)C1. The number of amides is 1. The largest absolute Gasteiger partial charge is 0.444 e. The van der Waals surface area contributed by atoms with Crippen LogP contribution >= 0.6 is 11.6 Å². The van der Waals surface area contributed by atoms with Gasteiger partial charge in [-0.25, -0.2) is 4.79 Å². The number of fused-ring (bicyclic) bond motifs is 1. The van der Waals surface area contributed by atoms with E-state index in [1.54, 1.807) is 11.1 Å². The average Bonchev–Trinajstić information content (AvgIpc) is 2.59. The van der Waals surface area contributed by atoms with Crippen molar-refractivity contribution in [3.8, 4) is 0 Å². The maximum Gasteiger partial charge on any atom is 0.410 e. The maximum absolute atomic E-state index is 12.5. The summed E-state index contributed by atoms with van der Waals surface area (Å²) < 4.78 is 5.56. The lowest BCUT2D eigenvalue weighted by atomic mass is 9.94. The molecule has 2 aromatic rings. The molecule has 5 nitrogen and oxygen atoms in total. The van der Waals surface area contributed by atoms with Gasteiger partial charge in [0.1, 0.15) is 5.60 Å². The van der Waals surface area contributed by atoms with Crippen LogP contribution in [0.5, 0.6) is 0 Å². The van der Waals surface area contributed by atoms with Crippen molar-refractivity contribution in [3.63, 3.8) is 0 Å². The number of hydrogen-bond donors (Lipinski definition) is 0. The molecule has 146 valence electrons. The van der Waals surface area contributed by atoms with Gasteiger partial charge in [0.25, 0.3) is 0 Å². The minimum Gasteiger partial charge on any atom is -0.444 e. The fourth-order valence-electron chi connectivity index (χ4n) is 3.68. The van der Waals surface area contributed by atoms with Crippen LogP contribution in [0.4, 0.5) is 10.5 Å². The highest BCUT2D eigenvalue weighted by Gasteiger charge is 2.32. The Balaban J connectivity index is 1.86. The van der Waals surface area contributed by atoms with Gasteiger partial charge in [-0.3, -0.25) is 4.98 Å². The maximum atomic E-state index is 12.5. The third-order valence-corrected chi connectivity index (χ3v) is 5.21. The first-order valence-electron chi connectivity index (χ1n) is 9.39. The Morgan fingerprint density at radius 3 is 2.74 bits per heavy atom. The minimum atomic E-state index is -0.497. The standard InChI is InChI=1S/C21H28ClN3O2/c1-14-11-15(24(5)20(26)27-21(2,3)4)13-25(12-14)18-9-8-17(22)19-16(18)7-6-10-23-19/h6-10,14-15H,11-13H2,1-5H3/t14-,15+/m0/s1. The van der Waals surface area contributed by atoms with E-state index in [0.717, 1.165) is 36.1 Å². The Bertz CT molecular complexity index is 834. The highest BCUT2D eigenvalue weighted by atomic mass is 35.5. The highest BCUT2D eigenvalue weighted by molar-refractivity contribution is 6.35. The Kier molecular flexibility index (Phi) is 5.52. The predicted molar refractivity (Wildman–Crippen MR) is 111 cm³/mol. The monoisotopic (exact) mass is 389 g/mol. The second-order valence-electron chi connectivity index (χ2n) is 8.46. The molecule has 1 amide bonds. The van der Waals surface area contributed by atoms with Crippen LogP contribution in [0.1, 0.15) is 34.1 Å². The molecule has 3 rings (SSSR count). The summed E-state index contributed by atoms with van der Waals surface area (Å²) in [6, 6.07) is 8.02. The van der Waals surface area contributed by atoms with Crippen LogP contribution in [-0.2, 0) is 4.74 Å². The summed E-state index contributed by atoms with van der Waals surface area (Å²) in [7, 11) is 1.83. The number of aromatic nitrogens is 1. The molecule has 1 aliphatic rings. The summed E-state index contributed by atoms with van der Waals surface area (Å²) in [5.74, 6) is 0.455. The van der Waals surface area contributed by atoms with Gasteiger partial charge in [-0.05, 0) is 57.4 Å². The first-order chi connectivity index (χ1) is 12.7. The molecule has 0 N–H and O–H groups in total. The smallest absolute Gasteiger partial charge is 0.410 e. The third kappa shape index (κ3) is 4.46. The zero-order chi connectivity index (χ0) is 19.8. The van der Waals surface area contributed by atoms with Crippen LogP contribution in [0, 0.1) is 5.92 Å². The van der Waals surface area contributed by atoms with Crippen molar-refractivity contribution in [1.29, 1.82) is 0 Å². The van der Waals surface area contributed by atoms with Gasteiger partial charge >= 0.3 is 6.09 Å². The first kappa shape index (κ1) is 19.7. The van der Waals surface area contributed by atoms with E-state index in [0.29, 0.717) is 10.9 Å². The molecule has 0 unspecified atom stereocenters. The number of pyridine rings is 1. The van der Waals surface area contributed by atoms with E-state index in [9.17, 15) is 4.79 Å². The molecule has 0 aliphatic carbocycles. The van der Waals surface area contributed by atoms with Gasteiger partial charge in [-0.2, -0.15) is 0 Å². The number of halogens is 1. The van der Waals surface area contributed by atoms with Crippen LogP contribution in [0.3, 0.4) is 0 Å². The number of piperidine rings is 1. The van der Waals surface area contributed by atoms with Crippen LogP contribution in [0.2, 0.25) is 5.02 Å². The van der Waals surface area contributed by atoms with Crippen molar-refractivity contribution in [1.82, 2.24) is 9.88 Å². The van der Waals surface area contributed by atoms with E-state index in [4.69, 9.17) is 16.3 Å². The zero-order valence-corrected chi connectivity index (χ0v) is 17.5. The lowest BCUT2D eigenvalue weighted by Crippen LogP contribution is -2.52. The zero-order valence-electron chi connectivity index (χ0n) is 16.7. The van der Waals surface area contributed by atoms with Crippen LogP contribution in [-0.4, -0.2) is 47.8 Å². The summed E-state index contributed by atoms with van der Waals surface area (Å²) in [4.78, 5) is 21.0. The van der Waals surface area contributed by atoms with Crippen molar-refractivity contribution in [2.24, 2.45) is 5.92 Å². The van der Waals surface area contributed by atoms with Crippen molar-refractivity contribution < 1.29 is 9.53 Å². The summed E-state index contributed by atoms with van der Waals surface area (Å²) in [5, 5.41) is 1.69. The first-order valence-corrected chi connectivity index (χ1v) is 9.77. The molecule has 0 spiro atoms. The van der Waals surface area contributed by atoms with Crippen LogP contribution in [0.25, 0.3) is 10.9 Å². The topological polar surface area (TPSA) is 45.7 Å². The van der Waals surface area contributed by atoms with Gasteiger partial charge in [0.15, 0.2) is 0 Å². The summed E-state index contributed by atoms with van der Waals surface area (Å²) in [6.45, 7) is 9.58. The lowest BCUT2D eigenvalue weighted by molar-refractivity contribution is 0.0195. The number of benzene rings is 1. The molecule has 1 fully saturated rings. The number of anilines is 1. The minimum absolute atomic E-state index is 0.0889. The van der Waals surface area contributed by atoms with Gasteiger partial charge in [-0.1, -0.05) is 18.5 Å². The Hall–Kier alpha value is -2.01. The third-order valence-electron chi connectivity index (χ3n) is 4.90. The summed E-state index contributed by atoms with van der Waals surface area (Å²) in [5.41, 5.74) is 1.42. The number of rotatable bonds is 2. The molecule has 2 heterocycles. The van der Waals surface area contributed by atoms with Crippen molar-refractivity contribution in [2.75, 3.05) is 25.0 Å². The summed E-state index contributed by atoms with van der Waals surface area (Å²) in [6.07, 6.45) is 2.44. The van der Waals surface area contributed by atoms with Gasteiger partial charge in [-0.15, -0.1) is 0 Å². The number of likely N-dealkylation sites (N-methyl/N-ethyl adjacent to an activating group) is 1. The Morgan fingerprint density at radius 1 is 1.30 bits per heavy atom. The quantitative estimate of drug-likeness (QED) is 0.727. The van der Waals surface area contributed by atoms with E-state index < -0.39 is 5.60 Å². The Morgan fingerprint density at radius 2 is 2.04 bits per heavy atom. The molecule has 1 aromatic heterocycles. The van der Waals surface area contributed by atoms with E-state index in [1.165, 1.54) is 0 Å². The second kappa shape index (κ2) is 7.55. The van der Waals surface area contributed by atoms with Gasteiger partial charge in [0, 0.05) is 37.4 Å². The number of carbonyl (C=O) groups is 1. The number of nitrogens with zero attached hydrogens (tertiary/aromatic N) is 3.